The quantitative estimate of drug-likeness (QED) is 0.945. The van der Waals surface area contributed by atoms with Crippen LogP contribution in [0, 0.1) is 0 Å². The van der Waals surface area contributed by atoms with E-state index in [1.54, 1.807) is 6.20 Å². The molecule has 5 nitrogen and oxygen atoms in total. The van der Waals surface area contributed by atoms with Crippen LogP contribution in [0.2, 0.25) is 0 Å². The van der Waals surface area contributed by atoms with Crippen LogP contribution in [0.5, 0.6) is 0 Å². The number of hydrogen-bond donors (Lipinski definition) is 1. The Morgan fingerprint density at radius 1 is 1.04 bits per heavy atom. The molecule has 1 aromatic heterocycles. The second kappa shape index (κ2) is 7.81. The van der Waals surface area contributed by atoms with Gasteiger partial charge in [-0.2, -0.15) is 5.10 Å². The molecule has 0 atom stereocenters. The van der Waals surface area contributed by atoms with Gasteiger partial charge < -0.3 is 10.2 Å². The zero-order valence-corrected chi connectivity index (χ0v) is 13.4. The van der Waals surface area contributed by atoms with Gasteiger partial charge in [-0.15, -0.1) is 0 Å². The maximum absolute atomic E-state index is 12.3. The van der Waals surface area contributed by atoms with Gasteiger partial charge in [-0.05, 0) is 25.0 Å². The molecule has 1 aromatic carbocycles. The molecular weight excluding hydrogens is 288 g/mol. The first-order chi connectivity index (χ1) is 11.3. The zero-order chi connectivity index (χ0) is 15.9. The highest BCUT2D eigenvalue weighted by Crippen LogP contribution is 2.11. The third-order valence-electron chi connectivity index (χ3n) is 4.24. The Hall–Kier alpha value is -2.30. The molecule has 1 fully saturated rings. The number of nitrogens with one attached hydrogen (secondary N) is 1. The van der Waals surface area contributed by atoms with Gasteiger partial charge in [0.25, 0.3) is 0 Å². The monoisotopic (exact) mass is 312 g/mol. The molecule has 0 bridgehead atoms. The van der Waals surface area contributed by atoms with Crippen molar-refractivity contribution in [3.8, 4) is 5.69 Å². The highest BCUT2D eigenvalue weighted by Gasteiger charge is 2.14. The van der Waals surface area contributed by atoms with Crippen LogP contribution in [0.4, 0.5) is 4.79 Å². The summed E-state index contributed by atoms with van der Waals surface area (Å²) in [5.41, 5.74) is 2.03. The van der Waals surface area contributed by atoms with Crippen LogP contribution in [-0.2, 0) is 6.54 Å². The second-order valence-electron chi connectivity index (χ2n) is 6.04. The number of likely N-dealkylation sites (tertiary alicyclic amines) is 1. The zero-order valence-electron chi connectivity index (χ0n) is 13.4. The molecule has 0 unspecified atom stereocenters. The second-order valence-corrected chi connectivity index (χ2v) is 6.04. The summed E-state index contributed by atoms with van der Waals surface area (Å²) in [6.07, 6.45) is 9.75. The smallest absolute Gasteiger partial charge is 0.317 e. The first-order valence-electron chi connectivity index (χ1n) is 8.45. The van der Waals surface area contributed by atoms with E-state index in [1.807, 2.05) is 46.1 Å². The van der Waals surface area contributed by atoms with Crippen molar-refractivity contribution in [2.75, 3.05) is 13.1 Å². The maximum atomic E-state index is 12.3. The van der Waals surface area contributed by atoms with Gasteiger partial charge >= 0.3 is 6.03 Å². The van der Waals surface area contributed by atoms with Crippen LogP contribution in [0.25, 0.3) is 5.69 Å². The van der Waals surface area contributed by atoms with Gasteiger partial charge in [0.05, 0.1) is 11.9 Å². The number of carbonyl (C=O) groups is 1. The molecule has 1 aliphatic heterocycles. The Balaban J connectivity index is 1.53. The number of benzene rings is 1. The Morgan fingerprint density at radius 2 is 1.74 bits per heavy atom. The van der Waals surface area contributed by atoms with E-state index in [0.717, 1.165) is 37.2 Å². The van der Waals surface area contributed by atoms with Crippen molar-refractivity contribution in [1.29, 1.82) is 0 Å². The normalized spacial score (nSPS) is 15.7. The highest BCUT2D eigenvalue weighted by molar-refractivity contribution is 5.74. The third kappa shape index (κ3) is 4.34. The van der Waals surface area contributed by atoms with E-state index in [4.69, 9.17) is 0 Å². The molecule has 0 spiro atoms. The number of urea groups is 1. The fraction of sp³-hybridized carbons (Fsp3) is 0.444. The van der Waals surface area contributed by atoms with Crippen molar-refractivity contribution >= 4 is 6.03 Å². The molecule has 3 rings (SSSR count). The van der Waals surface area contributed by atoms with Gasteiger partial charge in [0, 0.05) is 31.4 Å². The fourth-order valence-electron chi connectivity index (χ4n) is 2.91. The molecule has 1 saturated heterocycles. The van der Waals surface area contributed by atoms with E-state index in [9.17, 15) is 4.79 Å². The van der Waals surface area contributed by atoms with Gasteiger partial charge in [0.2, 0.25) is 0 Å². The lowest BCUT2D eigenvalue weighted by atomic mass is 10.1. The molecule has 1 N–H and O–H groups in total. The molecule has 2 heterocycles. The number of hydrogen-bond acceptors (Lipinski definition) is 2. The Bertz CT molecular complexity index is 615. The van der Waals surface area contributed by atoms with Gasteiger partial charge in [-0.25, -0.2) is 9.48 Å². The lowest BCUT2D eigenvalue weighted by Crippen LogP contribution is -2.41. The topological polar surface area (TPSA) is 50.2 Å². The van der Waals surface area contributed by atoms with Crippen molar-refractivity contribution in [3.63, 3.8) is 0 Å². The van der Waals surface area contributed by atoms with Crippen molar-refractivity contribution in [3.05, 3.63) is 48.3 Å². The van der Waals surface area contributed by atoms with Gasteiger partial charge in [-0.3, -0.25) is 0 Å². The first kappa shape index (κ1) is 15.6. The lowest BCUT2D eigenvalue weighted by Gasteiger charge is -2.24. The largest absolute Gasteiger partial charge is 0.334 e. The highest BCUT2D eigenvalue weighted by atomic mass is 16.2. The van der Waals surface area contributed by atoms with Crippen molar-refractivity contribution < 1.29 is 4.79 Å². The number of para-hydroxylation sites is 1. The summed E-state index contributed by atoms with van der Waals surface area (Å²) in [7, 11) is 0. The summed E-state index contributed by atoms with van der Waals surface area (Å²) in [5, 5.41) is 7.37. The molecule has 0 radical (unpaired) electrons. The molecule has 2 amide bonds. The Kier molecular flexibility index (Phi) is 5.29. The lowest BCUT2D eigenvalue weighted by molar-refractivity contribution is 0.192. The van der Waals surface area contributed by atoms with E-state index >= 15 is 0 Å². The minimum Gasteiger partial charge on any atom is -0.334 e. The Morgan fingerprint density at radius 3 is 2.48 bits per heavy atom. The fourth-order valence-corrected chi connectivity index (χ4v) is 2.91. The average molecular weight is 312 g/mol. The average Bonchev–Trinajstić information content (AvgIpc) is 3.02. The van der Waals surface area contributed by atoms with Crippen LogP contribution in [-0.4, -0.2) is 33.8 Å². The number of rotatable bonds is 3. The maximum Gasteiger partial charge on any atom is 0.317 e. The molecule has 0 aliphatic carbocycles. The van der Waals surface area contributed by atoms with Crippen molar-refractivity contribution in [2.45, 2.75) is 38.6 Å². The summed E-state index contributed by atoms with van der Waals surface area (Å²) in [6, 6.07) is 10.0. The minimum atomic E-state index is 0.0411. The predicted octanol–water partition coefficient (Wildman–Crippen LogP) is 3.35. The number of amides is 2. The summed E-state index contributed by atoms with van der Waals surface area (Å²) in [4.78, 5) is 14.2. The molecule has 5 heteroatoms. The molecule has 2 aromatic rings. The van der Waals surface area contributed by atoms with Crippen molar-refractivity contribution in [2.24, 2.45) is 0 Å². The summed E-state index contributed by atoms with van der Waals surface area (Å²) in [5.74, 6) is 0. The van der Waals surface area contributed by atoms with Crippen LogP contribution < -0.4 is 5.32 Å². The number of nitrogens with zero attached hydrogens (tertiary/aromatic N) is 3. The minimum absolute atomic E-state index is 0.0411. The van der Waals surface area contributed by atoms with Gasteiger partial charge in [0.15, 0.2) is 0 Å². The van der Waals surface area contributed by atoms with Crippen LogP contribution in [0.15, 0.2) is 42.7 Å². The first-order valence-corrected chi connectivity index (χ1v) is 8.45. The standard InChI is InChI=1S/C18H24N4O/c23-18(21-11-7-2-1-3-8-12-21)19-13-16-14-20-22(15-16)17-9-5-4-6-10-17/h4-6,9-10,14-15H,1-3,7-8,11-13H2,(H,19,23). The molecule has 1 aliphatic rings. The van der Waals surface area contributed by atoms with Crippen molar-refractivity contribution in [1.82, 2.24) is 20.0 Å². The Labute approximate surface area is 137 Å². The predicted molar refractivity (Wildman–Crippen MR) is 90.5 cm³/mol. The summed E-state index contributed by atoms with van der Waals surface area (Å²) >= 11 is 0. The van der Waals surface area contributed by atoms with Gasteiger partial charge in [-0.1, -0.05) is 37.5 Å². The molecule has 122 valence electrons. The van der Waals surface area contributed by atoms with E-state index < -0.39 is 0 Å². The summed E-state index contributed by atoms with van der Waals surface area (Å²) < 4.78 is 1.83. The van der Waals surface area contributed by atoms with E-state index in [0.29, 0.717) is 6.54 Å². The molecular formula is C18H24N4O. The molecule has 23 heavy (non-hydrogen) atoms. The summed E-state index contributed by atoms with van der Waals surface area (Å²) in [6.45, 7) is 2.26. The van der Waals surface area contributed by atoms with Gasteiger partial charge in [0.1, 0.15) is 0 Å². The van der Waals surface area contributed by atoms with Crippen LogP contribution >= 0.6 is 0 Å². The third-order valence-corrected chi connectivity index (χ3v) is 4.24. The van der Waals surface area contributed by atoms with Crippen LogP contribution in [0.1, 0.15) is 37.7 Å². The SMILES string of the molecule is O=C(NCc1cnn(-c2ccccc2)c1)N1CCCCCCC1. The van der Waals surface area contributed by atoms with E-state index in [-0.39, 0.29) is 6.03 Å². The van der Waals surface area contributed by atoms with E-state index in [2.05, 4.69) is 10.4 Å². The number of aromatic nitrogens is 2. The van der Waals surface area contributed by atoms with Crippen LogP contribution in [0.3, 0.4) is 0 Å². The number of carbonyl (C=O) groups excluding carboxylic acids is 1. The molecule has 0 saturated carbocycles. The van der Waals surface area contributed by atoms with E-state index in [1.165, 1.54) is 19.3 Å².